The fourth-order valence-electron chi connectivity index (χ4n) is 1.96. The lowest BCUT2D eigenvalue weighted by molar-refractivity contribution is -0.250. The van der Waals surface area contributed by atoms with E-state index in [4.69, 9.17) is 9.47 Å². The van der Waals surface area contributed by atoms with Gasteiger partial charge in [0.25, 0.3) is 0 Å². The summed E-state index contributed by atoms with van der Waals surface area (Å²) in [5.41, 5.74) is 0. The largest absolute Gasteiger partial charge is 0.463 e. The molecule has 0 radical (unpaired) electrons. The summed E-state index contributed by atoms with van der Waals surface area (Å²) in [5.74, 6) is -1.98. The zero-order chi connectivity index (χ0) is 16.2. The Bertz CT molecular complexity index is 414. The van der Waals surface area contributed by atoms with Crippen molar-refractivity contribution in [3.63, 3.8) is 0 Å². The van der Waals surface area contributed by atoms with E-state index in [1.807, 2.05) is 0 Å². The van der Waals surface area contributed by atoms with Gasteiger partial charge in [-0.1, -0.05) is 0 Å². The smallest absolute Gasteiger partial charge is 0.303 e. The number of carbonyl (C=O) groups excluding carboxylic acids is 3. The zero-order valence-electron chi connectivity index (χ0n) is 11.9. The standard InChI is InChI=1S/C12H18FNO7/c1-5(15)14-10-9(13)11(20-7(3)17)8(21-12(10)18)4-19-6(2)16/h8-12,18H,4H2,1-3H3,(H,14,15)/t8?,9?,10?,11-,12+/m0/s1. The van der Waals surface area contributed by atoms with E-state index < -0.39 is 55.2 Å². The van der Waals surface area contributed by atoms with Gasteiger partial charge in [0.1, 0.15) is 18.8 Å². The lowest BCUT2D eigenvalue weighted by Crippen LogP contribution is -2.63. The Kier molecular flexibility index (Phi) is 6.03. The minimum absolute atomic E-state index is 0.391. The summed E-state index contributed by atoms with van der Waals surface area (Å²) in [6, 6.07) is -1.39. The minimum Gasteiger partial charge on any atom is -0.463 e. The summed E-state index contributed by atoms with van der Waals surface area (Å²) in [5, 5.41) is 11.9. The van der Waals surface area contributed by atoms with E-state index in [2.05, 4.69) is 10.1 Å². The molecule has 0 spiro atoms. The molecule has 0 aromatic rings. The Balaban J connectivity index is 2.86. The van der Waals surface area contributed by atoms with Crippen molar-refractivity contribution in [2.75, 3.05) is 6.61 Å². The second-order valence-electron chi connectivity index (χ2n) is 4.61. The lowest BCUT2D eigenvalue weighted by atomic mass is 9.98. The first-order valence-corrected chi connectivity index (χ1v) is 6.27. The van der Waals surface area contributed by atoms with Crippen molar-refractivity contribution in [2.24, 2.45) is 0 Å². The number of nitrogens with one attached hydrogen (secondary N) is 1. The van der Waals surface area contributed by atoms with Gasteiger partial charge in [0.15, 0.2) is 18.6 Å². The average molecular weight is 307 g/mol. The summed E-state index contributed by atoms with van der Waals surface area (Å²) >= 11 is 0. The van der Waals surface area contributed by atoms with Gasteiger partial charge >= 0.3 is 11.9 Å². The molecule has 0 aromatic carbocycles. The number of hydrogen-bond acceptors (Lipinski definition) is 7. The summed E-state index contributed by atoms with van der Waals surface area (Å²) in [6.45, 7) is 2.98. The molecule has 21 heavy (non-hydrogen) atoms. The Morgan fingerprint density at radius 2 is 1.86 bits per heavy atom. The fraction of sp³-hybridized carbons (Fsp3) is 0.750. The number of aliphatic hydroxyl groups is 1. The van der Waals surface area contributed by atoms with Gasteiger partial charge in [0.05, 0.1) is 0 Å². The third-order valence-electron chi connectivity index (χ3n) is 2.77. The van der Waals surface area contributed by atoms with E-state index in [-0.39, 0.29) is 0 Å². The van der Waals surface area contributed by atoms with E-state index >= 15 is 0 Å². The van der Waals surface area contributed by atoms with Crippen LogP contribution in [0.4, 0.5) is 4.39 Å². The summed E-state index contributed by atoms with van der Waals surface area (Å²) in [4.78, 5) is 32.8. The lowest BCUT2D eigenvalue weighted by Gasteiger charge is -2.40. The fourth-order valence-corrected chi connectivity index (χ4v) is 1.96. The minimum atomic E-state index is -1.91. The second kappa shape index (κ2) is 7.32. The predicted octanol–water partition coefficient (Wildman–Crippen LogP) is -0.959. The van der Waals surface area contributed by atoms with Gasteiger partial charge < -0.3 is 24.6 Å². The van der Waals surface area contributed by atoms with Gasteiger partial charge in [-0.2, -0.15) is 0 Å². The first kappa shape index (κ1) is 17.3. The van der Waals surface area contributed by atoms with Gasteiger partial charge in [-0.25, -0.2) is 4.39 Å². The molecule has 1 amide bonds. The molecule has 0 saturated carbocycles. The molecule has 5 atom stereocenters. The first-order valence-electron chi connectivity index (χ1n) is 6.27. The number of hydrogen-bond donors (Lipinski definition) is 2. The highest BCUT2D eigenvalue weighted by molar-refractivity contribution is 5.73. The summed E-state index contributed by atoms with van der Waals surface area (Å²) < 4.78 is 29.0. The van der Waals surface area contributed by atoms with Crippen molar-refractivity contribution in [1.29, 1.82) is 0 Å². The van der Waals surface area contributed by atoms with Crippen molar-refractivity contribution in [2.45, 2.75) is 51.5 Å². The average Bonchev–Trinajstić information content (AvgIpc) is 2.35. The van der Waals surface area contributed by atoms with Gasteiger partial charge in [-0.15, -0.1) is 0 Å². The number of aliphatic hydroxyl groups excluding tert-OH is 1. The van der Waals surface area contributed by atoms with Crippen molar-refractivity contribution in [1.82, 2.24) is 5.32 Å². The van der Waals surface area contributed by atoms with E-state index in [1.54, 1.807) is 0 Å². The maximum absolute atomic E-state index is 14.4. The number of amides is 1. The zero-order valence-corrected chi connectivity index (χ0v) is 11.9. The third-order valence-corrected chi connectivity index (χ3v) is 2.77. The Hall–Kier alpha value is -1.74. The molecule has 1 fully saturated rings. The topological polar surface area (TPSA) is 111 Å². The van der Waals surface area contributed by atoms with E-state index in [0.29, 0.717) is 0 Å². The van der Waals surface area contributed by atoms with Crippen LogP contribution >= 0.6 is 0 Å². The SMILES string of the molecule is CC(=O)NC1C(F)[C@@H](OC(C)=O)C(COC(C)=O)O[C@H]1O. The molecule has 8 nitrogen and oxygen atoms in total. The highest BCUT2D eigenvalue weighted by Crippen LogP contribution is 2.25. The molecule has 1 aliphatic heterocycles. The van der Waals surface area contributed by atoms with Gasteiger partial charge in [-0.05, 0) is 0 Å². The normalized spacial score (nSPS) is 32.1. The van der Waals surface area contributed by atoms with Gasteiger partial charge in [0.2, 0.25) is 5.91 Å². The van der Waals surface area contributed by atoms with Crippen LogP contribution < -0.4 is 5.32 Å². The molecule has 3 unspecified atom stereocenters. The molecule has 120 valence electrons. The summed E-state index contributed by atoms with van der Waals surface area (Å²) in [7, 11) is 0. The highest BCUT2D eigenvalue weighted by atomic mass is 19.1. The molecule has 1 saturated heterocycles. The van der Waals surface area contributed by atoms with Crippen molar-refractivity contribution in [3.05, 3.63) is 0 Å². The maximum Gasteiger partial charge on any atom is 0.303 e. The van der Waals surface area contributed by atoms with Crippen molar-refractivity contribution < 1.29 is 38.1 Å². The number of alkyl halides is 1. The highest BCUT2D eigenvalue weighted by Gasteiger charge is 2.48. The van der Waals surface area contributed by atoms with Gasteiger partial charge in [-0.3, -0.25) is 14.4 Å². The molecule has 0 bridgehead atoms. The number of esters is 2. The molecule has 0 aromatic heterocycles. The summed E-state index contributed by atoms with van der Waals surface area (Å²) in [6.07, 6.45) is -6.16. The van der Waals surface area contributed by atoms with Crippen LogP contribution in [0.3, 0.4) is 0 Å². The number of ether oxygens (including phenoxy) is 3. The van der Waals surface area contributed by atoms with E-state index in [0.717, 1.165) is 20.8 Å². The quantitative estimate of drug-likeness (QED) is 0.643. The molecule has 1 rings (SSSR count). The van der Waals surface area contributed by atoms with E-state index in [9.17, 15) is 23.9 Å². The number of rotatable bonds is 4. The molecule has 0 aliphatic carbocycles. The Labute approximate surface area is 120 Å². The maximum atomic E-state index is 14.4. The molecular weight excluding hydrogens is 289 g/mol. The van der Waals surface area contributed by atoms with Crippen LogP contribution in [0.25, 0.3) is 0 Å². The van der Waals surface area contributed by atoms with Crippen LogP contribution in [0.2, 0.25) is 0 Å². The van der Waals surface area contributed by atoms with Crippen LogP contribution in [0.1, 0.15) is 20.8 Å². The second-order valence-corrected chi connectivity index (χ2v) is 4.61. The molecule has 2 N–H and O–H groups in total. The predicted molar refractivity (Wildman–Crippen MR) is 65.6 cm³/mol. The van der Waals surface area contributed by atoms with Crippen LogP contribution in [-0.4, -0.2) is 60.3 Å². The van der Waals surface area contributed by atoms with Gasteiger partial charge in [0, 0.05) is 20.8 Å². The monoisotopic (exact) mass is 307 g/mol. The van der Waals surface area contributed by atoms with Crippen molar-refractivity contribution in [3.8, 4) is 0 Å². The number of halogens is 1. The van der Waals surface area contributed by atoms with E-state index in [1.165, 1.54) is 0 Å². The van der Waals surface area contributed by atoms with Crippen LogP contribution in [0.5, 0.6) is 0 Å². The Morgan fingerprint density at radius 1 is 1.24 bits per heavy atom. The molecular formula is C12H18FNO7. The molecule has 1 heterocycles. The Morgan fingerprint density at radius 3 is 2.33 bits per heavy atom. The molecule has 1 aliphatic rings. The van der Waals surface area contributed by atoms with Crippen LogP contribution in [0, 0.1) is 0 Å². The number of carbonyl (C=O) groups is 3. The first-order chi connectivity index (χ1) is 9.72. The molecule has 9 heteroatoms. The van der Waals surface area contributed by atoms with Crippen LogP contribution in [-0.2, 0) is 28.6 Å². The van der Waals surface area contributed by atoms with Crippen LogP contribution in [0.15, 0.2) is 0 Å². The van der Waals surface area contributed by atoms with Crippen molar-refractivity contribution >= 4 is 17.8 Å². The third kappa shape index (κ3) is 4.94.